The number of carbonyl (C=O) groups is 1. The first-order chi connectivity index (χ1) is 9.00. The summed E-state index contributed by atoms with van der Waals surface area (Å²) in [6, 6.07) is 0. The van der Waals surface area contributed by atoms with Crippen molar-refractivity contribution in [3.05, 3.63) is 0 Å². The van der Waals surface area contributed by atoms with E-state index < -0.39 is 15.1 Å². The molecule has 0 aromatic rings. The van der Waals surface area contributed by atoms with Crippen molar-refractivity contribution in [2.45, 2.75) is 37.4 Å². The zero-order valence-electron chi connectivity index (χ0n) is 11.6. The number of hydrogen-bond donors (Lipinski definition) is 1. The molecule has 2 heterocycles. The van der Waals surface area contributed by atoms with Crippen LogP contribution in [0.15, 0.2) is 0 Å². The van der Waals surface area contributed by atoms with Crippen molar-refractivity contribution in [1.82, 2.24) is 10.2 Å². The number of carbonyl (C=O) groups excluding carboxylic acids is 1. The SMILES string of the molecule is CN(CC1CCNCC1)C(=O)C1CCCCS1(=O)=O. The lowest BCUT2D eigenvalue weighted by atomic mass is 9.97. The number of piperidine rings is 1. The molecule has 110 valence electrons. The topological polar surface area (TPSA) is 66.5 Å². The van der Waals surface area contributed by atoms with E-state index in [0.717, 1.165) is 32.4 Å². The maximum absolute atomic E-state index is 12.3. The third-order valence-electron chi connectivity index (χ3n) is 4.22. The average molecular weight is 288 g/mol. The Kier molecular flexibility index (Phi) is 4.84. The number of nitrogens with zero attached hydrogens (tertiary/aromatic N) is 1. The molecule has 2 rings (SSSR count). The zero-order valence-corrected chi connectivity index (χ0v) is 12.4. The maximum Gasteiger partial charge on any atom is 0.240 e. The molecule has 2 aliphatic rings. The van der Waals surface area contributed by atoms with Crippen LogP contribution in [0.25, 0.3) is 0 Å². The van der Waals surface area contributed by atoms with Gasteiger partial charge in [0.2, 0.25) is 5.91 Å². The van der Waals surface area contributed by atoms with Crippen LogP contribution < -0.4 is 5.32 Å². The van der Waals surface area contributed by atoms with E-state index in [9.17, 15) is 13.2 Å². The highest BCUT2D eigenvalue weighted by molar-refractivity contribution is 7.92. The first kappa shape index (κ1) is 14.8. The van der Waals surface area contributed by atoms with Gasteiger partial charge in [-0.3, -0.25) is 4.79 Å². The molecule has 0 spiro atoms. The van der Waals surface area contributed by atoms with E-state index >= 15 is 0 Å². The third-order valence-corrected chi connectivity index (χ3v) is 6.38. The third kappa shape index (κ3) is 3.69. The summed E-state index contributed by atoms with van der Waals surface area (Å²) in [5, 5.41) is 2.51. The van der Waals surface area contributed by atoms with E-state index in [0.29, 0.717) is 25.3 Å². The monoisotopic (exact) mass is 288 g/mol. The highest BCUT2D eigenvalue weighted by Gasteiger charge is 2.36. The van der Waals surface area contributed by atoms with Gasteiger partial charge in [0.1, 0.15) is 5.25 Å². The van der Waals surface area contributed by atoms with E-state index in [1.54, 1.807) is 11.9 Å². The van der Waals surface area contributed by atoms with Gasteiger partial charge in [0.25, 0.3) is 0 Å². The van der Waals surface area contributed by atoms with Crippen molar-refractivity contribution in [3.63, 3.8) is 0 Å². The highest BCUT2D eigenvalue weighted by Crippen LogP contribution is 2.22. The molecule has 1 unspecified atom stereocenters. The molecular weight excluding hydrogens is 264 g/mol. The van der Waals surface area contributed by atoms with Gasteiger partial charge in [-0.25, -0.2) is 8.42 Å². The predicted octanol–water partition coefficient (Wildman–Crippen LogP) is 0.412. The maximum atomic E-state index is 12.3. The van der Waals surface area contributed by atoms with Gasteiger partial charge in [-0.15, -0.1) is 0 Å². The van der Waals surface area contributed by atoms with E-state index in [1.165, 1.54) is 0 Å². The van der Waals surface area contributed by atoms with Crippen LogP contribution in [0, 0.1) is 5.92 Å². The number of nitrogens with one attached hydrogen (secondary N) is 1. The molecule has 1 N–H and O–H groups in total. The number of amides is 1. The van der Waals surface area contributed by atoms with E-state index in [2.05, 4.69) is 5.32 Å². The van der Waals surface area contributed by atoms with Crippen LogP contribution >= 0.6 is 0 Å². The minimum Gasteiger partial charge on any atom is -0.344 e. The number of hydrogen-bond acceptors (Lipinski definition) is 4. The Morgan fingerprint density at radius 3 is 2.53 bits per heavy atom. The van der Waals surface area contributed by atoms with E-state index in [1.807, 2.05) is 0 Å². The van der Waals surface area contributed by atoms with Gasteiger partial charge in [-0.1, -0.05) is 6.42 Å². The molecule has 0 aromatic heterocycles. The van der Waals surface area contributed by atoms with Crippen LogP contribution in [-0.2, 0) is 14.6 Å². The minimum absolute atomic E-state index is 0.171. The normalized spacial score (nSPS) is 27.9. The molecular formula is C13H24N2O3S. The molecule has 2 fully saturated rings. The molecule has 6 heteroatoms. The second-order valence-electron chi connectivity index (χ2n) is 5.76. The Balaban J connectivity index is 1.94. The standard InChI is InChI=1S/C13H24N2O3S/c1-15(10-11-5-7-14-8-6-11)13(16)12-4-2-3-9-19(12,17)18/h11-12,14H,2-10H2,1H3. The first-order valence-electron chi connectivity index (χ1n) is 7.18. The van der Waals surface area contributed by atoms with Crippen molar-refractivity contribution < 1.29 is 13.2 Å². The molecule has 0 radical (unpaired) electrons. The van der Waals surface area contributed by atoms with Crippen molar-refractivity contribution >= 4 is 15.7 Å². The van der Waals surface area contributed by atoms with Crippen LogP contribution in [-0.4, -0.2) is 56.9 Å². The molecule has 1 atom stereocenters. The predicted molar refractivity (Wildman–Crippen MR) is 74.7 cm³/mol. The summed E-state index contributed by atoms with van der Waals surface area (Å²) in [7, 11) is -1.47. The molecule has 1 amide bonds. The molecule has 0 aromatic carbocycles. The fourth-order valence-corrected chi connectivity index (χ4v) is 4.92. The second kappa shape index (κ2) is 6.22. The zero-order chi connectivity index (χ0) is 13.9. The molecule has 0 saturated carbocycles. The summed E-state index contributed by atoms with van der Waals surface area (Å²) in [5.74, 6) is 0.477. The van der Waals surface area contributed by atoms with Gasteiger partial charge in [-0.05, 0) is 44.7 Å². The summed E-state index contributed by atoms with van der Waals surface area (Å²) in [6.45, 7) is 2.68. The molecule has 19 heavy (non-hydrogen) atoms. The smallest absolute Gasteiger partial charge is 0.240 e. The van der Waals surface area contributed by atoms with Crippen molar-refractivity contribution in [2.75, 3.05) is 32.4 Å². The summed E-state index contributed by atoms with van der Waals surface area (Å²) < 4.78 is 23.9. The molecule has 0 aliphatic carbocycles. The summed E-state index contributed by atoms with van der Waals surface area (Å²) in [5.41, 5.74) is 0. The number of sulfone groups is 1. The van der Waals surface area contributed by atoms with Gasteiger partial charge < -0.3 is 10.2 Å². The van der Waals surface area contributed by atoms with E-state index in [4.69, 9.17) is 0 Å². The van der Waals surface area contributed by atoms with E-state index in [-0.39, 0.29) is 11.7 Å². The van der Waals surface area contributed by atoms with Crippen LogP contribution in [0.3, 0.4) is 0 Å². The first-order valence-corrected chi connectivity index (χ1v) is 8.89. The Morgan fingerprint density at radius 2 is 1.89 bits per heavy atom. The molecule has 5 nitrogen and oxygen atoms in total. The summed E-state index contributed by atoms with van der Waals surface area (Å²) in [4.78, 5) is 14.0. The van der Waals surface area contributed by atoms with Gasteiger partial charge >= 0.3 is 0 Å². The molecule has 2 aliphatic heterocycles. The Labute approximate surface area is 115 Å². The van der Waals surface area contributed by atoms with Gasteiger partial charge in [0.05, 0.1) is 5.75 Å². The van der Waals surface area contributed by atoms with Crippen LogP contribution in [0.2, 0.25) is 0 Å². The lowest BCUT2D eigenvalue weighted by Gasteiger charge is -2.31. The van der Waals surface area contributed by atoms with Crippen molar-refractivity contribution in [2.24, 2.45) is 5.92 Å². The Morgan fingerprint density at radius 1 is 1.21 bits per heavy atom. The average Bonchev–Trinajstić information content (AvgIpc) is 2.38. The van der Waals surface area contributed by atoms with Gasteiger partial charge in [-0.2, -0.15) is 0 Å². The molecule has 2 saturated heterocycles. The largest absolute Gasteiger partial charge is 0.344 e. The quantitative estimate of drug-likeness (QED) is 0.817. The van der Waals surface area contributed by atoms with Crippen molar-refractivity contribution in [3.8, 4) is 0 Å². The fourth-order valence-electron chi connectivity index (χ4n) is 3.02. The van der Waals surface area contributed by atoms with Crippen LogP contribution in [0.5, 0.6) is 0 Å². The van der Waals surface area contributed by atoms with Crippen LogP contribution in [0.1, 0.15) is 32.1 Å². The fraction of sp³-hybridized carbons (Fsp3) is 0.923. The van der Waals surface area contributed by atoms with Gasteiger partial charge in [0, 0.05) is 13.6 Å². The summed E-state index contributed by atoms with van der Waals surface area (Å²) in [6.07, 6.45) is 4.17. The number of rotatable bonds is 3. The lowest BCUT2D eigenvalue weighted by molar-refractivity contribution is -0.130. The Bertz CT molecular complexity index is 416. The highest BCUT2D eigenvalue weighted by atomic mass is 32.2. The second-order valence-corrected chi connectivity index (χ2v) is 8.07. The lowest BCUT2D eigenvalue weighted by Crippen LogP contribution is -2.46. The molecule has 0 bridgehead atoms. The Hall–Kier alpha value is -0.620. The summed E-state index contributed by atoms with van der Waals surface area (Å²) >= 11 is 0. The van der Waals surface area contributed by atoms with Crippen molar-refractivity contribution in [1.29, 1.82) is 0 Å². The minimum atomic E-state index is -3.21. The van der Waals surface area contributed by atoms with Gasteiger partial charge in [0.15, 0.2) is 9.84 Å². The van der Waals surface area contributed by atoms with Crippen LogP contribution in [0.4, 0.5) is 0 Å².